The maximum absolute atomic E-state index is 12.7. The Bertz CT molecular complexity index is 1300. The monoisotopic (exact) mass is 518 g/mol. The van der Waals surface area contributed by atoms with Crippen LogP contribution in [0.2, 0.25) is 10.0 Å². The number of nitrogens with one attached hydrogen (secondary N) is 3. The van der Waals surface area contributed by atoms with Crippen molar-refractivity contribution >= 4 is 46.6 Å². The number of furan rings is 2. The van der Waals surface area contributed by atoms with Crippen molar-refractivity contribution in [3.8, 4) is 5.75 Å². The van der Waals surface area contributed by atoms with Gasteiger partial charge in [-0.25, -0.2) is 5.43 Å². The second-order valence-corrected chi connectivity index (χ2v) is 8.39. The molecule has 12 heteroatoms. The minimum absolute atomic E-state index is 0.0314. The van der Waals surface area contributed by atoms with E-state index < -0.39 is 17.7 Å². The van der Waals surface area contributed by atoms with Crippen molar-refractivity contribution in [1.82, 2.24) is 16.3 Å². The van der Waals surface area contributed by atoms with Crippen LogP contribution in [0.1, 0.15) is 50.8 Å². The Balaban J connectivity index is 1.38. The summed E-state index contributed by atoms with van der Waals surface area (Å²) in [5, 5.41) is 4.90. The highest BCUT2D eigenvalue weighted by Crippen LogP contribution is 2.30. The molecule has 3 aromatic rings. The van der Waals surface area contributed by atoms with Crippen molar-refractivity contribution in [1.29, 1.82) is 0 Å². The van der Waals surface area contributed by atoms with Gasteiger partial charge in [-0.15, -0.1) is 0 Å². The summed E-state index contributed by atoms with van der Waals surface area (Å²) in [6.07, 6.45) is 3.33. The predicted molar refractivity (Wildman–Crippen MR) is 127 cm³/mol. The Hall–Kier alpha value is -3.76. The molecular formula is C23H20Cl2N4O6. The number of hydrazine groups is 1. The molecule has 10 nitrogen and oxygen atoms in total. The predicted octanol–water partition coefficient (Wildman–Crippen LogP) is 3.80. The Morgan fingerprint density at radius 2 is 1.94 bits per heavy atom. The first-order chi connectivity index (χ1) is 16.8. The molecule has 0 unspecified atom stereocenters. The third kappa shape index (κ3) is 5.67. The number of nitrogens with zero attached hydrogens (tertiary/aromatic N) is 1. The zero-order chi connectivity index (χ0) is 24.9. The number of hydrazone groups is 1. The third-order valence-electron chi connectivity index (χ3n) is 5.14. The second-order valence-electron chi connectivity index (χ2n) is 7.55. The van der Waals surface area contributed by atoms with Crippen LogP contribution in [0.3, 0.4) is 0 Å². The number of hydrogen-bond donors (Lipinski definition) is 3. The van der Waals surface area contributed by atoms with Gasteiger partial charge in [0, 0.05) is 22.6 Å². The van der Waals surface area contributed by atoms with E-state index in [0.717, 1.165) is 6.42 Å². The first kappa shape index (κ1) is 24.4. The van der Waals surface area contributed by atoms with Crippen LogP contribution < -0.4 is 21.0 Å². The number of rotatable bonds is 6. The first-order valence-corrected chi connectivity index (χ1v) is 11.3. The van der Waals surface area contributed by atoms with Crippen LogP contribution in [0.15, 0.2) is 50.5 Å². The van der Waals surface area contributed by atoms with E-state index in [1.165, 1.54) is 24.5 Å². The standard InChI is InChI=1S/C23H20Cl2N4O6/c1-12-20-15(26-28-22(31)18-6-3-9-33-18)4-2-5-17(20)35-21(12)23(32)29-27-19(30)11-34-16-8-7-13(24)10-14(16)25/h3,6-10H,2,4-5,11H2,1H3,(H,27,30)(H,28,31)(H,29,32)/b26-15+. The third-order valence-corrected chi connectivity index (χ3v) is 5.67. The Labute approximate surface area is 209 Å². The zero-order valence-corrected chi connectivity index (χ0v) is 20.0. The van der Waals surface area contributed by atoms with Gasteiger partial charge in [0.1, 0.15) is 11.5 Å². The lowest BCUT2D eigenvalue weighted by Crippen LogP contribution is -2.43. The fourth-order valence-electron chi connectivity index (χ4n) is 3.53. The van der Waals surface area contributed by atoms with Crippen molar-refractivity contribution < 1.29 is 28.0 Å². The van der Waals surface area contributed by atoms with Crippen molar-refractivity contribution in [2.24, 2.45) is 5.10 Å². The van der Waals surface area contributed by atoms with Crippen LogP contribution in [-0.2, 0) is 11.2 Å². The number of carbonyl (C=O) groups is 3. The number of fused-ring (bicyclic) bond motifs is 1. The van der Waals surface area contributed by atoms with Crippen LogP contribution in [0.25, 0.3) is 0 Å². The maximum Gasteiger partial charge on any atom is 0.307 e. The van der Waals surface area contributed by atoms with Crippen molar-refractivity contribution in [2.75, 3.05) is 6.61 Å². The van der Waals surface area contributed by atoms with Gasteiger partial charge >= 0.3 is 11.8 Å². The molecule has 2 aromatic heterocycles. The molecule has 3 amide bonds. The van der Waals surface area contributed by atoms with Crippen LogP contribution in [0, 0.1) is 6.92 Å². The topological polar surface area (TPSA) is 135 Å². The van der Waals surface area contributed by atoms with E-state index in [2.05, 4.69) is 21.4 Å². The van der Waals surface area contributed by atoms with Crippen molar-refractivity contribution in [3.63, 3.8) is 0 Å². The molecule has 1 aliphatic rings. The zero-order valence-electron chi connectivity index (χ0n) is 18.4. The van der Waals surface area contributed by atoms with E-state index in [-0.39, 0.29) is 28.9 Å². The van der Waals surface area contributed by atoms with Crippen LogP contribution >= 0.6 is 23.2 Å². The average Bonchev–Trinajstić information content (AvgIpc) is 3.49. The van der Waals surface area contributed by atoms with Gasteiger partial charge in [0.05, 0.1) is 17.0 Å². The molecule has 0 bridgehead atoms. The molecule has 0 fully saturated rings. The van der Waals surface area contributed by atoms with E-state index in [9.17, 15) is 14.4 Å². The summed E-state index contributed by atoms with van der Waals surface area (Å²) in [5.41, 5.74) is 8.82. The largest absolute Gasteiger partial charge is 0.482 e. The Kier molecular flexibility index (Phi) is 7.42. The van der Waals surface area contributed by atoms with E-state index in [1.807, 2.05) is 0 Å². The molecule has 3 N–H and O–H groups in total. The normalized spacial score (nSPS) is 13.7. The molecule has 1 aromatic carbocycles. The smallest absolute Gasteiger partial charge is 0.307 e. The average molecular weight is 519 g/mol. The van der Waals surface area contributed by atoms with Crippen LogP contribution in [0.4, 0.5) is 0 Å². The summed E-state index contributed by atoms with van der Waals surface area (Å²) in [4.78, 5) is 36.9. The number of aryl methyl sites for hydroxylation is 1. The van der Waals surface area contributed by atoms with E-state index in [1.54, 1.807) is 19.1 Å². The van der Waals surface area contributed by atoms with Crippen LogP contribution in [-0.4, -0.2) is 30.0 Å². The summed E-state index contributed by atoms with van der Waals surface area (Å²) >= 11 is 11.8. The van der Waals surface area contributed by atoms with Gasteiger partial charge < -0.3 is 13.6 Å². The van der Waals surface area contributed by atoms with Gasteiger partial charge in [-0.05, 0) is 50.1 Å². The summed E-state index contributed by atoms with van der Waals surface area (Å²) in [6, 6.07) is 7.72. The molecule has 0 radical (unpaired) electrons. The molecule has 2 heterocycles. The lowest BCUT2D eigenvalue weighted by atomic mass is 9.93. The lowest BCUT2D eigenvalue weighted by Gasteiger charge is -2.13. The summed E-state index contributed by atoms with van der Waals surface area (Å²) in [6.45, 7) is 1.32. The molecule has 4 rings (SSSR count). The SMILES string of the molecule is Cc1c(C(=O)NNC(=O)COc2ccc(Cl)cc2Cl)oc2c1/C(=N/NC(=O)c1ccco1)CCC2. The Morgan fingerprint density at radius 3 is 2.69 bits per heavy atom. The fourth-order valence-corrected chi connectivity index (χ4v) is 4.00. The van der Waals surface area contributed by atoms with Crippen molar-refractivity contribution in [3.05, 3.63) is 75.0 Å². The maximum atomic E-state index is 12.7. The highest BCUT2D eigenvalue weighted by molar-refractivity contribution is 6.35. The van der Waals surface area contributed by atoms with E-state index >= 15 is 0 Å². The summed E-state index contributed by atoms with van der Waals surface area (Å²) < 4.78 is 16.1. The molecule has 0 aliphatic heterocycles. The molecular weight excluding hydrogens is 499 g/mol. The number of amides is 3. The van der Waals surface area contributed by atoms with Gasteiger partial charge in [-0.1, -0.05) is 23.2 Å². The van der Waals surface area contributed by atoms with Gasteiger partial charge in [-0.2, -0.15) is 5.10 Å². The molecule has 0 saturated carbocycles. The molecule has 0 spiro atoms. The minimum atomic E-state index is -0.645. The first-order valence-electron chi connectivity index (χ1n) is 10.5. The van der Waals surface area contributed by atoms with Gasteiger partial charge in [-0.3, -0.25) is 25.2 Å². The van der Waals surface area contributed by atoms with Gasteiger partial charge in [0.2, 0.25) is 0 Å². The number of ether oxygens (including phenoxy) is 1. The van der Waals surface area contributed by atoms with E-state index in [0.29, 0.717) is 40.5 Å². The molecule has 35 heavy (non-hydrogen) atoms. The van der Waals surface area contributed by atoms with Crippen molar-refractivity contribution in [2.45, 2.75) is 26.2 Å². The highest BCUT2D eigenvalue weighted by atomic mass is 35.5. The van der Waals surface area contributed by atoms with Crippen LogP contribution in [0.5, 0.6) is 5.75 Å². The highest BCUT2D eigenvalue weighted by Gasteiger charge is 2.28. The molecule has 182 valence electrons. The molecule has 0 saturated heterocycles. The number of benzene rings is 1. The van der Waals surface area contributed by atoms with Gasteiger partial charge in [0.25, 0.3) is 5.91 Å². The Morgan fingerprint density at radius 1 is 1.11 bits per heavy atom. The minimum Gasteiger partial charge on any atom is -0.482 e. The quantitative estimate of drug-likeness (QED) is 0.424. The molecule has 1 aliphatic carbocycles. The van der Waals surface area contributed by atoms with E-state index in [4.69, 9.17) is 36.8 Å². The number of hydrogen-bond acceptors (Lipinski definition) is 7. The van der Waals surface area contributed by atoms with Gasteiger partial charge in [0.15, 0.2) is 18.1 Å². The number of carbonyl (C=O) groups excluding carboxylic acids is 3. The number of halogens is 2. The molecule has 0 atom stereocenters. The summed E-state index contributed by atoms with van der Waals surface area (Å²) in [5.74, 6) is -0.722. The fraction of sp³-hybridized carbons (Fsp3) is 0.217. The lowest BCUT2D eigenvalue weighted by molar-refractivity contribution is -0.123. The second kappa shape index (κ2) is 10.7. The summed E-state index contributed by atoms with van der Waals surface area (Å²) in [7, 11) is 0.